The molecule has 0 spiro atoms. The normalized spacial score (nSPS) is 17.6. The molecule has 2 heterocycles. The molecule has 1 fully saturated rings. The van der Waals surface area contributed by atoms with Crippen LogP contribution in [0.1, 0.15) is 39.5 Å². The molecule has 1 saturated heterocycles. The van der Waals surface area contributed by atoms with Gasteiger partial charge in [0.15, 0.2) is 4.34 Å². The van der Waals surface area contributed by atoms with Crippen LogP contribution in [0.15, 0.2) is 4.34 Å². The van der Waals surface area contributed by atoms with Gasteiger partial charge in [0.25, 0.3) is 0 Å². The van der Waals surface area contributed by atoms with Crippen molar-refractivity contribution in [3.63, 3.8) is 0 Å². The van der Waals surface area contributed by atoms with Gasteiger partial charge in [-0.15, -0.1) is 10.2 Å². The Morgan fingerprint density at radius 3 is 2.83 bits per heavy atom. The summed E-state index contributed by atoms with van der Waals surface area (Å²) in [7, 11) is 0. The first-order valence-corrected chi connectivity index (χ1v) is 10.9. The van der Waals surface area contributed by atoms with E-state index in [0.717, 1.165) is 29.4 Å². The molecule has 2 rings (SSSR count). The quantitative estimate of drug-likeness (QED) is 0.293. The molecule has 2 amide bonds. The number of hydrogen-bond donors (Lipinski definition) is 1. The summed E-state index contributed by atoms with van der Waals surface area (Å²) in [6.07, 6.45) is 2.95. The fourth-order valence-electron chi connectivity index (χ4n) is 2.13. The van der Waals surface area contributed by atoms with Gasteiger partial charge < -0.3 is 5.32 Å². The molecule has 0 bridgehead atoms. The van der Waals surface area contributed by atoms with E-state index in [0.29, 0.717) is 22.4 Å². The van der Waals surface area contributed by atoms with E-state index in [1.807, 2.05) is 13.8 Å². The molecule has 132 valence electrons. The zero-order chi connectivity index (χ0) is 17.5. The minimum absolute atomic E-state index is 0.0452. The van der Waals surface area contributed by atoms with Crippen LogP contribution in [-0.2, 0) is 9.59 Å². The van der Waals surface area contributed by atoms with Gasteiger partial charge in [-0.25, -0.2) is 0 Å². The van der Waals surface area contributed by atoms with E-state index >= 15 is 0 Å². The van der Waals surface area contributed by atoms with Crippen LogP contribution in [0.2, 0.25) is 0 Å². The van der Waals surface area contributed by atoms with Gasteiger partial charge in [-0.1, -0.05) is 60.4 Å². The molecule has 6 nitrogen and oxygen atoms in total. The number of anilines is 1. The number of thioether (sulfide) groups is 2. The van der Waals surface area contributed by atoms with Crippen molar-refractivity contribution in [1.82, 2.24) is 15.1 Å². The summed E-state index contributed by atoms with van der Waals surface area (Å²) >= 11 is 9.64. The highest BCUT2D eigenvalue weighted by atomic mass is 32.2. The number of carbonyl (C=O) groups is 2. The lowest BCUT2D eigenvalue weighted by Crippen LogP contribution is -2.31. The van der Waals surface area contributed by atoms with E-state index in [1.54, 1.807) is 16.7 Å². The molecule has 0 aliphatic carbocycles. The Labute approximate surface area is 159 Å². The maximum Gasteiger partial charge on any atom is 0.241 e. The molecule has 0 radical (unpaired) electrons. The van der Waals surface area contributed by atoms with Crippen molar-refractivity contribution < 1.29 is 9.59 Å². The molecule has 10 heteroatoms. The van der Waals surface area contributed by atoms with E-state index in [4.69, 9.17) is 12.2 Å². The van der Waals surface area contributed by atoms with E-state index in [1.165, 1.54) is 23.1 Å². The van der Waals surface area contributed by atoms with Crippen molar-refractivity contribution >= 4 is 68.3 Å². The number of unbranched alkanes of at least 4 members (excludes halogenated alkanes) is 2. The van der Waals surface area contributed by atoms with Crippen molar-refractivity contribution in [2.45, 2.75) is 49.1 Å². The highest BCUT2D eigenvalue weighted by Gasteiger charge is 2.32. The molecule has 1 atom stereocenters. The van der Waals surface area contributed by atoms with Crippen molar-refractivity contribution in [3.8, 4) is 0 Å². The average Bonchev–Trinajstić information content (AvgIpc) is 3.06. The van der Waals surface area contributed by atoms with Gasteiger partial charge in [-0.2, -0.15) is 0 Å². The fraction of sp³-hybridized carbons (Fsp3) is 0.643. The smallest absolute Gasteiger partial charge is 0.241 e. The molecular formula is C14H20N4O2S4. The summed E-state index contributed by atoms with van der Waals surface area (Å²) in [5.74, 6) is 0.985. The number of rotatable bonds is 9. The second-order valence-corrected chi connectivity index (χ2v) is 9.64. The van der Waals surface area contributed by atoms with Crippen LogP contribution in [-0.4, -0.2) is 48.8 Å². The molecule has 0 aromatic carbocycles. The molecular weight excluding hydrogens is 384 g/mol. The predicted molar refractivity (Wildman–Crippen MR) is 105 cm³/mol. The summed E-state index contributed by atoms with van der Waals surface area (Å²) < 4.78 is 1.54. The zero-order valence-corrected chi connectivity index (χ0v) is 16.9. The van der Waals surface area contributed by atoms with Gasteiger partial charge in [0, 0.05) is 13.0 Å². The Balaban J connectivity index is 1.61. The summed E-state index contributed by atoms with van der Waals surface area (Å²) in [5.41, 5.74) is 0. The van der Waals surface area contributed by atoms with Crippen LogP contribution in [0, 0.1) is 0 Å². The van der Waals surface area contributed by atoms with Gasteiger partial charge in [0.2, 0.25) is 16.9 Å². The van der Waals surface area contributed by atoms with E-state index in [2.05, 4.69) is 15.5 Å². The van der Waals surface area contributed by atoms with Crippen LogP contribution in [0.25, 0.3) is 0 Å². The Morgan fingerprint density at radius 2 is 2.17 bits per heavy atom. The minimum atomic E-state index is -0.0639. The molecule has 1 N–H and O–H groups in total. The molecule has 1 unspecified atom stereocenters. The summed E-state index contributed by atoms with van der Waals surface area (Å²) in [6, 6.07) is 0. The van der Waals surface area contributed by atoms with Crippen LogP contribution in [0.5, 0.6) is 0 Å². The summed E-state index contributed by atoms with van der Waals surface area (Å²) in [4.78, 5) is 25.4. The number of hydrogen-bond acceptors (Lipinski definition) is 8. The van der Waals surface area contributed by atoms with Crippen LogP contribution >= 0.6 is 47.1 Å². The lowest BCUT2D eigenvalue weighted by molar-refractivity contribution is -0.125. The minimum Gasteiger partial charge on any atom is -0.301 e. The lowest BCUT2D eigenvalue weighted by atomic mass is 10.2. The topological polar surface area (TPSA) is 75.2 Å². The maximum absolute atomic E-state index is 11.9. The third kappa shape index (κ3) is 5.68. The number of amides is 2. The van der Waals surface area contributed by atoms with E-state index in [-0.39, 0.29) is 17.1 Å². The maximum atomic E-state index is 11.9. The number of nitrogens with one attached hydrogen (secondary N) is 1. The standard InChI is InChI=1S/C14H20N4O2S4/c1-3-22-13-17-16-12(24-13)15-10(19)7-5-4-6-8-18-11(20)9(2)23-14(18)21/h9H,3-8H2,1-2H3,(H,15,16,19). The lowest BCUT2D eigenvalue weighted by Gasteiger charge is -2.14. The molecule has 24 heavy (non-hydrogen) atoms. The first kappa shape index (κ1) is 19.6. The second-order valence-electron chi connectivity index (χ2n) is 5.18. The SMILES string of the molecule is CCSc1nnc(NC(=O)CCCCCN2C(=O)C(C)SC2=S)s1. The predicted octanol–water partition coefficient (Wildman–Crippen LogP) is 3.40. The Bertz CT molecular complexity index is 607. The van der Waals surface area contributed by atoms with Gasteiger partial charge in [-0.05, 0) is 25.5 Å². The number of thiocarbonyl (C=S) groups is 1. The molecule has 1 aliphatic heterocycles. The van der Waals surface area contributed by atoms with Crippen molar-refractivity contribution in [2.24, 2.45) is 0 Å². The van der Waals surface area contributed by atoms with Gasteiger partial charge in [0.1, 0.15) is 4.32 Å². The van der Waals surface area contributed by atoms with Crippen molar-refractivity contribution in [1.29, 1.82) is 0 Å². The average molecular weight is 405 g/mol. The Morgan fingerprint density at radius 1 is 1.38 bits per heavy atom. The first-order valence-electron chi connectivity index (χ1n) is 7.79. The highest BCUT2D eigenvalue weighted by molar-refractivity contribution is 8.24. The zero-order valence-electron chi connectivity index (χ0n) is 13.6. The number of aromatic nitrogens is 2. The molecule has 0 saturated carbocycles. The third-order valence-electron chi connectivity index (χ3n) is 3.32. The summed E-state index contributed by atoms with van der Waals surface area (Å²) in [5, 5.41) is 11.2. The third-order valence-corrected chi connectivity index (χ3v) is 6.66. The molecule has 1 aromatic heterocycles. The highest BCUT2D eigenvalue weighted by Crippen LogP contribution is 2.27. The van der Waals surface area contributed by atoms with Crippen molar-refractivity contribution in [3.05, 3.63) is 0 Å². The van der Waals surface area contributed by atoms with E-state index < -0.39 is 0 Å². The Kier molecular flexibility index (Phi) is 7.92. The van der Waals surface area contributed by atoms with E-state index in [9.17, 15) is 9.59 Å². The monoisotopic (exact) mass is 404 g/mol. The van der Waals surface area contributed by atoms with Crippen LogP contribution in [0.4, 0.5) is 5.13 Å². The number of carbonyl (C=O) groups excluding carboxylic acids is 2. The van der Waals surface area contributed by atoms with Crippen LogP contribution < -0.4 is 5.32 Å². The van der Waals surface area contributed by atoms with Crippen molar-refractivity contribution in [2.75, 3.05) is 17.6 Å². The number of nitrogens with zero attached hydrogens (tertiary/aromatic N) is 3. The van der Waals surface area contributed by atoms with Crippen LogP contribution in [0.3, 0.4) is 0 Å². The first-order chi connectivity index (χ1) is 11.5. The second kappa shape index (κ2) is 9.69. The summed E-state index contributed by atoms with van der Waals surface area (Å²) in [6.45, 7) is 4.57. The Hall–Kier alpha value is -0.710. The molecule has 1 aliphatic rings. The fourth-order valence-corrected chi connectivity index (χ4v) is 5.25. The van der Waals surface area contributed by atoms with Gasteiger partial charge in [0.05, 0.1) is 5.25 Å². The van der Waals surface area contributed by atoms with Gasteiger partial charge in [-0.3, -0.25) is 14.5 Å². The molecule has 1 aromatic rings. The van der Waals surface area contributed by atoms with Gasteiger partial charge >= 0.3 is 0 Å². The largest absolute Gasteiger partial charge is 0.301 e.